The Morgan fingerprint density at radius 2 is 1.57 bits per heavy atom. The van der Waals surface area contributed by atoms with Gasteiger partial charge in [0.1, 0.15) is 11.4 Å². The third-order valence-electron chi connectivity index (χ3n) is 8.86. The zero-order valence-corrected chi connectivity index (χ0v) is 26.1. The average molecular weight is 592 g/mol. The molecule has 44 heavy (non-hydrogen) atoms. The Labute approximate surface area is 260 Å². The van der Waals surface area contributed by atoms with Gasteiger partial charge < -0.3 is 24.0 Å². The molecule has 1 aromatic heterocycles. The summed E-state index contributed by atoms with van der Waals surface area (Å²) in [5.41, 5.74) is 7.18. The van der Waals surface area contributed by atoms with Gasteiger partial charge in [-0.1, -0.05) is 42.5 Å². The quantitative estimate of drug-likeness (QED) is 0.303. The average Bonchev–Trinajstić information content (AvgIpc) is 3.36. The molecule has 228 valence electrons. The Balaban J connectivity index is 1.25. The van der Waals surface area contributed by atoms with Crippen LogP contribution in [0, 0.1) is 6.92 Å². The first-order chi connectivity index (χ1) is 21.3. The number of piperazine rings is 1. The minimum atomic E-state index is -0.0662. The molecule has 0 aliphatic carbocycles. The number of anilines is 1. The summed E-state index contributed by atoms with van der Waals surface area (Å²) >= 11 is 0. The van der Waals surface area contributed by atoms with Crippen LogP contribution in [0.5, 0.6) is 5.75 Å². The lowest BCUT2D eigenvalue weighted by atomic mass is 9.97. The van der Waals surface area contributed by atoms with Crippen LogP contribution in [0.2, 0.25) is 0 Å². The maximum absolute atomic E-state index is 14.2. The van der Waals surface area contributed by atoms with Crippen LogP contribution in [0.15, 0.2) is 78.9 Å². The second kappa shape index (κ2) is 12.7. The molecule has 0 spiro atoms. The number of carbonyl (C=O) groups is 2. The number of nitrogens with zero attached hydrogens (tertiary/aromatic N) is 5. The topological polar surface area (TPSA) is 61.3 Å². The second-order valence-electron chi connectivity index (χ2n) is 12.0. The monoisotopic (exact) mass is 591 g/mol. The second-order valence-corrected chi connectivity index (χ2v) is 12.0. The predicted octanol–water partition coefficient (Wildman–Crippen LogP) is 5.00. The smallest absolute Gasteiger partial charge is 0.270 e. The number of carbonyl (C=O) groups excluding carboxylic acids is 2. The Morgan fingerprint density at radius 1 is 0.818 bits per heavy atom. The van der Waals surface area contributed by atoms with Crippen molar-refractivity contribution in [2.45, 2.75) is 20.0 Å². The van der Waals surface area contributed by atoms with E-state index in [1.807, 2.05) is 89.5 Å². The van der Waals surface area contributed by atoms with E-state index in [9.17, 15) is 9.59 Å². The molecular weight excluding hydrogens is 550 g/mol. The van der Waals surface area contributed by atoms with Gasteiger partial charge in [-0.25, -0.2) is 0 Å². The zero-order valence-electron chi connectivity index (χ0n) is 26.1. The van der Waals surface area contributed by atoms with Gasteiger partial charge in [0, 0.05) is 61.8 Å². The summed E-state index contributed by atoms with van der Waals surface area (Å²) in [6.45, 7) is 8.18. The maximum atomic E-state index is 14.2. The van der Waals surface area contributed by atoms with Crippen LogP contribution in [0.4, 0.5) is 5.69 Å². The van der Waals surface area contributed by atoms with Crippen molar-refractivity contribution < 1.29 is 14.3 Å². The van der Waals surface area contributed by atoms with Crippen LogP contribution in [0.25, 0.3) is 11.1 Å². The fourth-order valence-electron chi connectivity index (χ4n) is 6.33. The highest BCUT2D eigenvalue weighted by Gasteiger charge is 2.30. The number of hydrogen-bond acceptors (Lipinski definition) is 5. The van der Waals surface area contributed by atoms with Gasteiger partial charge in [0.25, 0.3) is 11.8 Å². The van der Waals surface area contributed by atoms with Crippen molar-refractivity contribution in [2.24, 2.45) is 0 Å². The lowest BCUT2D eigenvalue weighted by Gasteiger charge is -2.35. The molecule has 2 amide bonds. The first-order valence-corrected chi connectivity index (χ1v) is 15.3. The standard InChI is InChI=1S/C36H41N5O3/c1-26-23-27(13-15-30(26)31-10-6-8-12-34(31)44-4)35(42)41-25-29-14-16-33(40(29)24-28-9-5-7-11-32(28)41)36(43)39-21-19-38(20-22-39)18-17-37(2)3/h5-16,23H,17-22,24-25H2,1-4H3. The molecule has 0 radical (unpaired) electrons. The number of aromatic nitrogens is 1. The fourth-order valence-corrected chi connectivity index (χ4v) is 6.33. The third-order valence-corrected chi connectivity index (χ3v) is 8.86. The number of likely N-dealkylation sites (N-methyl/N-ethyl adjacent to an activating group) is 1. The van der Waals surface area contributed by atoms with E-state index in [1.54, 1.807) is 7.11 Å². The van der Waals surface area contributed by atoms with Crippen LogP contribution in [0.1, 0.15) is 37.7 Å². The van der Waals surface area contributed by atoms with E-state index in [2.05, 4.69) is 34.5 Å². The summed E-state index contributed by atoms with van der Waals surface area (Å²) in [4.78, 5) is 36.4. The van der Waals surface area contributed by atoms with E-state index in [0.717, 1.165) is 78.7 Å². The summed E-state index contributed by atoms with van der Waals surface area (Å²) < 4.78 is 7.69. The number of benzene rings is 3. The Morgan fingerprint density at radius 3 is 2.32 bits per heavy atom. The number of methoxy groups -OCH3 is 1. The van der Waals surface area contributed by atoms with Gasteiger partial charge in [-0.2, -0.15) is 0 Å². The Bertz CT molecular complexity index is 1670. The van der Waals surface area contributed by atoms with Gasteiger partial charge in [-0.3, -0.25) is 14.5 Å². The van der Waals surface area contributed by atoms with Crippen LogP contribution in [0.3, 0.4) is 0 Å². The molecular formula is C36H41N5O3. The number of fused-ring (bicyclic) bond motifs is 2. The number of ether oxygens (including phenoxy) is 1. The molecule has 3 aromatic carbocycles. The van der Waals surface area contributed by atoms with E-state index >= 15 is 0 Å². The lowest BCUT2D eigenvalue weighted by Crippen LogP contribution is -2.50. The van der Waals surface area contributed by atoms with Gasteiger partial charge in [-0.05, 0) is 74.1 Å². The highest BCUT2D eigenvalue weighted by molar-refractivity contribution is 6.07. The molecule has 8 heteroatoms. The highest BCUT2D eigenvalue weighted by atomic mass is 16.5. The SMILES string of the molecule is COc1ccccc1-c1ccc(C(=O)N2Cc3ccc(C(=O)N4CCN(CCN(C)C)CC4)n3Cc3ccccc32)cc1C. The molecule has 0 unspecified atom stereocenters. The molecule has 8 nitrogen and oxygen atoms in total. The molecule has 6 rings (SSSR count). The summed E-state index contributed by atoms with van der Waals surface area (Å²) in [6.07, 6.45) is 0. The van der Waals surface area contributed by atoms with Crippen molar-refractivity contribution in [2.75, 3.05) is 65.4 Å². The highest BCUT2D eigenvalue weighted by Crippen LogP contribution is 2.34. The summed E-state index contributed by atoms with van der Waals surface area (Å²) in [5.74, 6) is 0.792. The largest absolute Gasteiger partial charge is 0.496 e. The lowest BCUT2D eigenvalue weighted by molar-refractivity contribution is 0.0619. The Kier molecular flexibility index (Phi) is 8.55. The molecule has 0 bridgehead atoms. The van der Waals surface area contributed by atoms with Gasteiger partial charge in [-0.15, -0.1) is 0 Å². The third kappa shape index (κ3) is 5.87. The summed E-state index contributed by atoms with van der Waals surface area (Å²) in [6, 6.07) is 25.7. The first kappa shape index (κ1) is 29.7. The molecule has 1 saturated heterocycles. The van der Waals surface area contributed by atoms with Crippen LogP contribution in [-0.4, -0.2) is 91.6 Å². The molecule has 0 saturated carbocycles. The molecule has 1 fully saturated rings. The number of para-hydroxylation sites is 2. The van der Waals surface area contributed by atoms with Crippen LogP contribution >= 0.6 is 0 Å². The van der Waals surface area contributed by atoms with Crippen molar-refractivity contribution in [3.05, 3.63) is 107 Å². The van der Waals surface area contributed by atoms with Crippen molar-refractivity contribution in [1.82, 2.24) is 19.3 Å². The molecule has 3 heterocycles. The van der Waals surface area contributed by atoms with Crippen molar-refractivity contribution in [1.29, 1.82) is 0 Å². The van der Waals surface area contributed by atoms with Gasteiger partial charge in [0.15, 0.2) is 0 Å². The van der Waals surface area contributed by atoms with Crippen LogP contribution in [-0.2, 0) is 13.1 Å². The molecule has 0 N–H and O–H groups in total. The number of hydrogen-bond donors (Lipinski definition) is 0. The zero-order chi connectivity index (χ0) is 30.8. The van der Waals surface area contributed by atoms with Crippen molar-refractivity contribution in [3.8, 4) is 16.9 Å². The van der Waals surface area contributed by atoms with E-state index in [1.165, 1.54) is 0 Å². The molecule has 4 aromatic rings. The van der Waals surface area contributed by atoms with Crippen molar-refractivity contribution in [3.63, 3.8) is 0 Å². The van der Waals surface area contributed by atoms with Gasteiger partial charge in [0.2, 0.25) is 0 Å². The number of amides is 2. The number of aryl methyl sites for hydroxylation is 1. The molecule has 2 aliphatic rings. The fraction of sp³-hybridized carbons (Fsp3) is 0.333. The number of rotatable bonds is 7. The van der Waals surface area contributed by atoms with Gasteiger partial charge >= 0.3 is 0 Å². The minimum absolute atomic E-state index is 0.0586. The summed E-state index contributed by atoms with van der Waals surface area (Å²) in [5, 5.41) is 0. The van der Waals surface area contributed by atoms with E-state index in [-0.39, 0.29) is 11.8 Å². The maximum Gasteiger partial charge on any atom is 0.270 e. The van der Waals surface area contributed by atoms with E-state index in [4.69, 9.17) is 4.74 Å². The normalized spacial score (nSPS) is 15.1. The molecule has 0 atom stereocenters. The van der Waals surface area contributed by atoms with Crippen LogP contribution < -0.4 is 9.64 Å². The van der Waals surface area contributed by atoms with E-state index in [0.29, 0.717) is 24.3 Å². The summed E-state index contributed by atoms with van der Waals surface area (Å²) in [7, 11) is 5.85. The van der Waals surface area contributed by atoms with Gasteiger partial charge in [0.05, 0.1) is 20.2 Å². The Hall–Kier alpha value is -4.40. The van der Waals surface area contributed by atoms with E-state index < -0.39 is 0 Å². The first-order valence-electron chi connectivity index (χ1n) is 15.3. The predicted molar refractivity (Wildman–Crippen MR) is 175 cm³/mol. The molecule has 2 aliphatic heterocycles. The van der Waals surface area contributed by atoms with Crippen molar-refractivity contribution >= 4 is 17.5 Å². The minimum Gasteiger partial charge on any atom is -0.496 e.